The Bertz CT molecular complexity index is 977. The van der Waals surface area contributed by atoms with Gasteiger partial charge in [0.05, 0.1) is 13.2 Å². The van der Waals surface area contributed by atoms with Gasteiger partial charge in [0.15, 0.2) is 11.5 Å². The molecule has 3 aliphatic heterocycles. The van der Waals surface area contributed by atoms with Crippen LogP contribution in [0.25, 0.3) is 0 Å². The van der Waals surface area contributed by atoms with Crippen molar-refractivity contribution in [2.75, 3.05) is 40.1 Å². The van der Waals surface area contributed by atoms with Crippen molar-refractivity contribution in [3.8, 4) is 17.2 Å². The number of urea groups is 1. The van der Waals surface area contributed by atoms with Crippen LogP contribution in [-0.4, -0.2) is 72.8 Å². The van der Waals surface area contributed by atoms with E-state index in [4.69, 9.17) is 14.2 Å². The highest BCUT2D eigenvalue weighted by Crippen LogP contribution is 2.33. The minimum atomic E-state index is -0.0472. The Labute approximate surface area is 174 Å². The van der Waals surface area contributed by atoms with E-state index in [1.165, 1.54) is 0 Å². The molecule has 8 nitrogen and oxygen atoms in total. The fraction of sp³-hybridized carbons (Fsp3) is 0.364. The predicted molar refractivity (Wildman–Crippen MR) is 108 cm³/mol. The Balaban J connectivity index is 1.25. The van der Waals surface area contributed by atoms with E-state index < -0.39 is 0 Å². The molecule has 3 heterocycles. The highest BCUT2D eigenvalue weighted by atomic mass is 16.7. The Kier molecular flexibility index (Phi) is 4.61. The standard InChI is InChI=1S/C22H23N3O5/c1-28-18-5-2-15(3-6-18)11-24-13-17-12-23(8-9-25(17)22(24)27)21(26)16-4-7-19-20(10-16)30-14-29-19/h2-7,10,17H,8-9,11-14H2,1H3/t17-/m1/s1. The zero-order valence-electron chi connectivity index (χ0n) is 16.7. The number of hydrogen-bond acceptors (Lipinski definition) is 5. The van der Waals surface area contributed by atoms with Gasteiger partial charge in [-0.1, -0.05) is 12.1 Å². The Morgan fingerprint density at radius 3 is 2.67 bits per heavy atom. The van der Waals surface area contributed by atoms with E-state index >= 15 is 0 Å². The van der Waals surface area contributed by atoms with E-state index in [1.54, 1.807) is 25.3 Å². The molecule has 0 bridgehead atoms. The molecule has 0 unspecified atom stereocenters. The van der Waals surface area contributed by atoms with Crippen LogP contribution in [0.2, 0.25) is 0 Å². The van der Waals surface area contributed by atoms with E-state index in [9.17, 15) is 9.59 Å². The third kappa shape index (κ3) is 3.28. The first kappa shape index (κ1) is 18.6. The molecule has 0 aliphatic carbocycles. The van der Waals surface area contributed by atoms with Crippen molar-refractivity contribution >= 4 is 11.9 Å². The zero-order valence-corrected chi connectivity index (χ0v) is 16.7. The number of rotatable bonds is 4. The molecule has 0 saturated carbocycles. The molecule has 2 aromatic rings. The molecule has 2 fully saturated rings. The van der Waals surface area contributed by atoms with Crippen molar-refractivity contribution in [3.05, 3.63) is 53.6 Å². The minimum absolute atomic E-state index is 0.00228. The van der Waals surface area contributed by atoms with Gasteiger partial charge in [-0.2, -0.15) is 0 Å². The maximum Gasteiger partial charge on any atom is 0.320 e. The average molecular weight is 409 g/mol. The molecule has 0 radical (unpaired) electrons. The Hall–Kier alpha value is -3.42. The molecule has 0 aromatic heterocycles. The van der Waals surface area contributed by atoms with Gasteiger partial charge in [-0.05, 0) is 35.9 Å². The summed E-state index contributed by atoms with van der Waals surface area (Å²) in [7, 11) is 1.63. The molecule has 3 aliphatic rings. The lowest BCUT2D eigenvalue weighted by Crippen LogP contribution is -2.53. The van der Waals surface area contributed by atoms with Crippen LogP contribution in [0.3, 0.4) is 0 Å². The van der Waals surface area contributed by atoms with E-state index in [1.807, 2.05) is 39.0 Å². The number of ether oxygens (including phenoxy) is 3. The number of nitrogens with zero attached hydrogens (tertiary/aromatic N) is 3. The smallest absolute Gasteiger partial charge is 0.320 e. The minimum Gasteiger partial charge on any atom is -0.497 e. The van der Waals surface area contributed by atoms with Crippen molar-refractivity contribution in [1.29, 1.82) is 0 Å². The fourth-order valence-corrected chi connectivity index (χ4v) is 4.26. The van der Waals surface area contributed by atoms with Crippen LogP contribution in [-0.2, 0) is 6.54 Å². The lowest BCUT2D eigenvalue weighted by molar-refractivity contribution is 0.0616. The van der Waals surface area contributed by atoms with Crippen LogP contribution >= 0.6 is 0 Å². The largest absolute Gasteiger partial charge is 0.497 e. The number of methoxy groups -OCH3 is 1. The van der Waals surface area contributed by atoms with Crippen LogP contribution in [0.1, 0.15) is 15.9 Å². The average Bonchev–Trinajstić information content (AvgIpc) is 3.37. The van der Waals surface area contributed by atoms with Crippen molar-refractivity contribution in [3.63, 3.8) is 0 Å². The maximum absolute atomic E-state index is 13.0. The second-order valence-corrected chi connectivity index (χ2v) is 7.68. The summed E-state index contributed by atoms with van der Waals surface area (Å²) < 4.78 is 15.9. The summed E-state index contributed by atoms with van der Waals surface area (Å²) in [6.45, 7) is 2.92. The summed E-state index contributed by atoms with van der Waals surface area (Å²) in [5, 5.41) is 0. The van der Waals surface area contributed by atoms with E-state index in [0.29, 0.717) is 49.8 Å². The van der Waals surface area contributed by atoms with E-state index in [0.717, 1.165) is 11.3 Å². The summed E-state index contributed by atoms with van der Waals surface area (Å²) >= 11 is 0. The first-order valence-corrected chi connectivity index (χ1v) is 10.00. The van der Waals surface area contributed by atoms with Gasteiger partial charge in [-0.15, -0.1) is 0 Å². The molecular weight excluding hydrogens is 386 g/mol. The Morgan fingerprint density at radius 1 is 1.07 bits per heavy atom. The number of carbonyl (C=O) groups is 2. The van der Waals surface area contributed by atoms with Crippen LogP contribution in [0, 0.1) is 0 Å². The summed E-state index contributed by atoms with van der Waals surface area (Å²) in [5.74, 6) is 2.00. The summed E-state index contributed by atoms with van der Waals surface area (Å²) in [6, 6.07) is 13.0. The number of carbonyl (C=O) groups excluding carboxylic acids is 2. The SMILES string of the molecule is COc1ccc(CN2C[C@H]3CN(C(=O)c4ccc5c(c4)OCO5)CCN3C2=O)cc1. The lowest BCUT2D eigenvalue weighted by Gasteiger charge is -2.36. The molecular formula is C22H23N3O5. The molecule has 1 atom stereocenters. The molecule has 5 rings (SSSR count). The molecule has 8 heteroatoms. The number of hydrogen-bond donors (Lipinski definition) is 0. The van der Waals surface area contributed by atoms with Crippen LogP contribution < -0.4 is 14.2 Å². The molecule has 2 aromatic carbocycles. The van der Waals surface area contributed by atoms with Crippen LogP contribution in [0.4, 0.5) is 4.79 Å². The predicted octanol–water partition coefficient (Wildman–Crippen LogP) is 2.19. The summed E-state index contributed by atoms with van der Waals surface area (Å²) in [4.78, 5) is 31.4. The van der Waals surface area contributed by atoms with Gasteiger partial charge in [0.25, 0.3) is 5.91 Å². The van der Waals surface area contributed by atoms with Gasteiger partial charge in [0.2, 0.25) is 6.79 Å². The molecule has 0 N–H and O–H groups in total. The molecule has 156 valence electrons. The number of benzene rings is 2. The van der Waals surface area contributed by atoms with Crippen LogP contribution in [0.15, 0.2) is 42.5 Å². The second-order valence-electron chi connectivity index (χ2n) is 7.68. The van der Waals surface area contributed by atoms with Crippen molar-refractivity contribution in [2.24, 2.45) is 0 Å². The van der Waals surface area contributed by atoms with Gasteiger partial charge in [0.1, 0.15) is 5.75 Å². The molecule has 2 saturated heterocycles. The quantitative estimate of drug-likeness (QED) is 0.774. The molecule has 30 heavy (non-hydrogen) atoms. The van der Waals surface area contributed by atoms with Gasteiger partial charge >= 0.3 is 6.03 Å². The second kappa shape index (κ2) is 7.44. The highest BCUT2D eigenvalue weighted by Gasteiger charge is 2.41. The normalized spacial score (nSPS) is 19.8. The number of amides is 3. The van der Waals surface area contributed by atoms with Gasteiger partial charge < -0.3 is 28.9 Å². The fourth-order valence-electron chi connectivity index (χ4n) is 4.26. The van der Waals surface area contributed by atoms with Crippen molar-refractivity contribution in [2.45, 2.75) is 12.6 Å². The van der Waals surface area contributed by atoms with Crippen molar-refractivity contribution in [1.82, 2.24) is 14.7 Å². The summed E-state index contributed by atoms with van der Waals surface area (Å²) in [5.41, 5.74) is 1.63. The monoisotopic (exact) mass is 409 g/mol. The first-order valence-electron chi connectivity index (χ1n) is 10.00. The highest BCUT2D eigenvalue weighted by molar-refractivity contribution is 5.95. The zero-order chi connectivity index (χ0) is 20.7. The molecule has 0 spiro atoms. The van der Waals surface area contributed by atoms with Gasteiger partial charge in [0, 0.05) is 38.3 Å². The third-order valence-corrected chi connectivity index (χ3v) is 5.87. The topological polar surface area (TPSA) is 71.6 Å². The van der Waals surface area contributed by atoms with Crippen molar-refractivity contribution < 1.29 is 23.8 Å². The molecule has 3 amide bonds. The summed E-state index contributed by atoms with van der Waals surface area (Å²) in [6.07, 6.45) is 0. The van der Waals surface area contributed by atoms with E-state index in [-0.39, 0.29) is 24.8 Å². The van der Waals surface area contributed by atoms with Crippen LogP contribution in [0.5, 0.6) is 17.2 Å². The van der Waals surface area contributed by atoms with Gasteiger partial charge in [-0.3, -0.25) is 4.79 Å². The van der Waals surface area contributed by atoms with E-state index in [2.05, 4.69) is 0 Å². The lowest BCUT2D eigenvalue weighted by atomic mass is 10.1. The Morgan fingerprint density at radius 2 is 1.87 bits per heavy atom. The van der Waals surface area contributed by atoms with Gasteiger partial charge in [-0.25, -0.2) is 4.79 Å². The number of piperazine rings is 1. The first-order chi connectivity index (χ1) is 14.6. The third-order valence-electron chi connectivity index (χ3n) is 5.87. The number of fused-ring (bicyclic) bond motifs is 2. The maximum atomic E-state index is 13.0.